The molecule has 0 saturated carbocycles. The SMILES string of the molecule is CC(=O)c1cc2c(c(Cc3ccccc3)c1)NCC2.CNC(C=C=Cc1ccncc1)OC#N. The van der Waals surface area contributed by atoms with Crippen molar-refractivity contribution in [3.05, 3.63) is 107 Å². The number of hydrogen-bond donors (Lipinski definition) is 2. The molecule has 2 N–H and O–H groups in total. The number of ether oxygens (including phenoxy) is 1. The summed E-state index contributed by atoms with van der Waals surface area (Å²) in [4.78, 5) is 15.5. The molecule has 0 fully saturated rings. The summed E-state index contributed by atoms with van der Waals surface area (Å²) in [5, 5.41) is 14.5. The van der Waals surface area contributed by atoms with Crippen molar-refractivity contribution >= 4 is 17.5 Å². The summed E-state index contributed by atoms with van der Waals surface area (Å²) in [7, 11) is 1.70. The van der Waals surface area contributed by atoms with Crippen LogP contribution in [0.4, 0.5) is 5.69 Å². The molecule has 1 aliphatic heterocycles. The van der Waals surface area contributed by atoms with Crippen LogP contribution < -0.4 is 10.6 Å². The third kappa shape index (κ3) is 7.18. The molecule has 0 amide bonds. The van der Waals surface area contributed by atoms with Crippen molar-refractivity contribution in [1.29, 1.82) is 5.26 Å². The summed E-state index contributed by atoms with van der Waals surface area (Å²) >= 11 is 0. The lowest BCUT2D eigenvalue weighted by Gasteiger charge is -2.11. The molecule has 2 heterocycles. The fourth-order valence-corrected chi connectivity index (χ4v) is 3.60. The van der Waals surface area contributed by atoms with Crippen molar-refractivity contribution in [3.63, 3.8) is 0 Å². The van der Waals surface area contributed by atoms with Gasteiger partial charge in [-0.25, -0.2) is 0 Å². The van der Waals surface area contributed by atoms with E-state index in [4.69, 9.17) is 5.26 Å². The van der Waals surface area contributed by atoms with Gasteiger partial charge in [0.15, 0.2) is 12.0 Å². The summed E-state index contributed by atoms with van der Waals surface area (Å²) in [6, 6.07) is 18.2. The van der Waals surface area contributed by atoms with Crippen LogP contribution in [0.2, 0.25) is 0 Å². The Kier molecular flexibility index (Phi) is 9.19. The van der Waals surface area contributed by atoms with Gasteiger partial charge in [0.05, 0.1) is 0 Å². The van der Waals surface area contributed by atoms with Crippen molar-refractivity contribution in [1.82, 2.24) is 10.3 Å². The molecule has 0 bridgehead atoms. The van der Waals surface area contributed by atoms with Crippen LogP contribution in [0.5, 0.6) is 0 Å². The first-order valence-corrected chi connectivity index (χ1v) is 11.1. The standard InChI is InChI=1S/C17H17NO.C11H11N3O/c1-12(19)15-10-14-7-8-18-17(14)16(11-15)9-13-5-3-2-4-6-13;1-13-11(15-9-12)4-2-3-10-5-7-14-8-6-10/h2-6,10-11,18H,7-9H2,1H3;3-8,11,13H,1H3. The van der Waals surface area contributed by atoms with Gasteiger partial charge < -0.3 is 10.1 Å². The Balaban J connectivity index is 0.000000197. The van der Waals surface area contributed by atoms with Crippen LogP contribution >= 0.6 is 0 Å². The van der Waals surface area contributed by atoms with Gasteiger partial charge in [0.1, 0.15) is 0 Å². The Labute approximate surface area is 200 Å². The normalized spacial score (nSPS) is 11.9. The Morgan fingerprint density at radius 1 is 1.24 bits per heavy atom. The van der Waals surface area contributed by atoms with Crippen LogP contribution in [-0.2, 0) is 17.6 Å². The number of carbonyl (C=O) groups is 1. The number of Topliss-reactive ketones (excluding diaryl/α,β-unsaturated/α-hetero) is 1. The second-order valence-electron chi connectivity index (χ2n) is 7.74. The molecular weight excluding hydrogens is 424 g/mol. The van der Waals surface area contributed by atoms with Crippen molar-refractivity contribution in [2.45, 2.75) is 26.0 Å². The zero-order chi connectivity index (χ0) is 24.2. The summed E-state index contributed by atoms with van der Waals surface area (Å²) in [6.07, 6.45) is 9.88. The Morgan fingerprint density at radius 2 is 2.00 bits per heavy atom. The lowest BCUT2D eigenvalue weighted by atomic mass is 9.96. The number of likely N-dealkylation sites (N-methyl/N-ethyl adjacent to an activating group) is 1. The van der Waals surface area contributed by atoms with Crippen LogP contribution in [0.15, 0.2) is 78.8 Å². The lowest BCUT2D eigenvalue weighted by molar-refractivity contribution is 0.101. The van der Waals surface area contributed by atoms with Gasteiger partial charge in [-0.1, -0.05) is 30.3 Å². The molecule has 0 saturated heterocycles. The Bertz CT molecular complexity index is 1190. The van der Waals surface area contributed by atoms with Gasteiger partial charge in [-0.15, -0.1) is 5.73 Å². The number of ketones is 1. The highest BCUT2D eigenvalue weighted by Crippen LogP contribution is 2.30. The molecule has 6 heteroatoms. The third-order valence-corrected chi connectivity index (χ3v) is 5.31. The van der Waals surface area contributed by atoms with Gasteiger partial charge >= 0.3 is 0 Å². The van der Waals surface area contributed by atoms with Gasteiger partial charge in [-0.05, 0) is 79.4 Å². The molecule has 34 heavy (non-hydrogen) atoms. The molecule has 0 aliphatic carbocycles. The average molecular weight is 453 g/mol. The van der Waals surface area contributed by atoms with Crippen molar-refractivity contribution in [2.24, 2.45) is 0 Å². The highest BCUT2D eigenvalue weighted by Gasteiger charge is 2.17. The maximum atomic E-state index is 11.6. The van der Waals surface area contributed by atoms with Gasteiger partial charge in [-0.3, -0.25) is 15.1 Å². The minimum atomic E-state index is -0.437. The van der Waals surface area contributed by atoms with E-state index < -0.39 is 6.23 Å². The van der Waals surface area contributed by atoms with Crippen molar-refractivity contribution < 1.29 is 9.53 Å². The molecule has 2 aromatic carbocycles. The average Bonchev–Trinajstić information content (AvgIpc) is 3.34. The third-order valence-electron chi connectivity index (χ3n) is 5.31. The van der Waals surface area contributed by atoms with E-state index in [0.29, 0.717) is 0 Å². The monoisotopic (exact) mass is 452 g/mol. The first-order valence-electron chi connectivity index (χ1n) is 11.1. The van der Waals surface area contributed by atoms with Gasteiger partial charge in [0.25, 0.3) is 6.26 Å². The van der Waals surface area contributed by atoms with Crippen molar-refractivity contribution in [3.8, 4) is 6.26 Å². The molecule has 172 valence electrons. The number of nitriles is 1. The molecular formula is C28H28N4O2. The van der Waals surface area contributed by atoms with E-state index in [1.54, 1.807) is 44.8 Å². The largest absolute Gasteiger partial charge is 0.403 e. The second-order valence-corrected chi connectivity index (χ2v) is 7.74. The summed E-state index contributed by atoms with van der Waals surface area (Å²) in [5.74, 6) is 0.143. The predicted octanol–water partition coefficient (Wildman–Crippen LogP) is 4.74. The number of rotatable bonds is 7. The van der Waals surface area contributed by atoms with Gasteiger partial charge in [-0.2, -0.15) is 5.26 Å². The van der Waals surface area contributed by atoms with E-state index in [0.717, 1.165) is 30.5 Å². The van der Waals surface area contributed by atoms with E-state index in [9.17, 15) is 4.79 Å². The molecule has 3 aromatic rings. The number of aromatic nitrogens is 1. The molecule has 4 rings (SSSR count). The van der Waals surface area contributed by atoms with Crippen molar-refractivity contribution in [2.75, 3.05) is 18.9 Å². The maximum absolute atomic E-state index is 11.6. The number of nitrogens with one attached hydrogen (secondary N) is 2. The zero-order valence-electron chi connectivity index (χ0n) is 19.4. The topological polar surface area (TPSA) is 87.0 Å². The molecule has 6 nitrogen and oxygen atoms in total. The van der Waals surface area contributed by atoms with E-state index in [-0.39, 0.29) is 5.78 Å². The quantitative estimate of drug-likeness (QED) is 0.233. The number of pyridine rings is 1. The van der Waals surface area contributed by atoms with Gasteiger partial charge in [0.2, 0.25) is 0 Å². The summed E-state index contributed by atoms with van der Waals surface area (Å²) in [5.41, 5.74) is 9.75. The molecule has 1 aliphatic rings. The first-order chi connectivity index (χ1) is 16.6. The molecule has 1 unspecified atom stereocenters. The van der Waals surface area contributed by atoms with Crippen LogP contribution in [0.1, 0.15) is 39.5 Å². The smallest absolute Gasteiger partial charge is 0.288 e. The van der Waals surface area contributed by atoms with E-state index in [2.05, 4.69) is 50.4 Å². The van der Waals surface area contributed by atoms with Crippen LogP contribution in [0.3, 0.4) is 0 Å². The number of nitrogens with zero attached hydrogens (tertiary/aromatic N) is 2. The number of carbonyl (C=O) groups excluding carboxylic acids is 1. The fourth-order valence-electron chi connectivity index (χ4n) is 3.60. The molecule has 0 spiro atoms. The Morgan fingerprint density at radius 3 is 2.68 bits per heavy atom. The number of fused-ring (bicyclic) bond motifs is 1. The molecule has 1 atom stereocenters. The predicted molar refractivity (Wildman–Crippen MR) is 134 cm³/mol. The van der Waals surface area contributed by atoms with Crippen LogP contribution in [-0.4, -0.2) is 30.6 Å². The fraction of sp³-hybridized carbons (Fsp3) is 0.214. The minimum absolute atomic E-state index is 0.143. The van der Waals surface area contributed by atoms with Gasteiger partial charge in [0, 0.05) is 36.3 Å². The minimum Gasteiger partial charge on any atom is -0.403 e. The van der Waals surface area contributed by atoms with E-state index in [1.807, 2.05) is 30.3 Å². The second kappa shape index (κ2) is 12.8. The van der Waals surface area contributed by atoms with Crippen LogP contribution in [0, 0.1) is 11.5 Å². The van der Waals surface area contributed by atoms with E-state index in [1.165, 1.54) is 22.4 Å². The van der Waals surface area contributed by atoms with E-state index >= 15 is 0 Å². The lowest BCUT2D eigenvalue weighted by Crippen LogP contribution is -2.23. The number of benzene rings is 2. The first kappa shape index (κ1) is 24.5. The molecule has 1 aromatic heterocycles. The number of anilines is 1. The Hall–Kier alpha value is -4.17. The summed E-state index contributed by atoms with van der Waals surface area (Å²) in [6.45, 7) is 2.61. The highest BCUT2D eigenvalue weighted by molar-refractivity contribution is 5.95. The number of hydrogen-bond acceptors (Lipinski definition) is 6. The highest BCUT2D eigenvalue weighted by atomic mass is 16.5. The maximum Gasteiger partial charge on any atom is 0.288 e. The summed E-state index contributed by atoms with van der Waals surface area (Å²) < 4.78 is 4.67. The van der Waals surface area contributed by atoms with Crippen LogP contribution in [0.25, 0.3) is 6.08 Å². The molecule has 0 radical (unpaired) electrons. The zero-order valence-corrected chi connectivity index (χ0v) is 19.4.